The molecule has 0 amide bonds. The van der Waals surface area contributed by atoms with Crippen molar-refractivity contribution < 1.29 is 9.13 Å². The number of H-pyrrole nitrogens is 1. The molecular weight excluding hydrogens is 343 g/mol. The highest BCUT2D eigenvalue weighted by Gasteiger charge is 2.20. The second-order valence-corrected chi connectivity index (χ2v) is 6.48. The number of ether oxygens (including phenoxy) is 1. The molecule has 1 aliphatic rings. The molecule has 1 saturated carbocycles. The minimum absolute atomic E-state index is 0.273. The van der Waals surface area contributed by atoms with Crippen LogP contribution >= 0.6 is 28.1 Å². The first kappa shape index (κ1) is 14.2. The molecule has 0 saturated heterocycles. The van der Waals surface area contributed by atoms with Gasteiger partial charge in [-0.3, -0.25) is 0 Å². The van der Waals surface area contributed by atoms with Crippen LogP contribution in [0.4, 0.5) is 4.39 Å². The molecular formula is C14H16BrFN2OS. The Bertz CT molecular complexity index is 678. The molecule has 2 aromatic rings. The fourth-order valence-corrected chi connectivity index (χ4v) is 2.88. The first-order valence-corrected chi connectivity index (χ1v) is 8.00. The Morgan fingerprint density at radius 2 is 2.25 bits per heavy atom. The summed E-state index contributed by atoms with van der Waals surface area (Å²) in [4.78, 5) is 3.10. The summed E-state index contributed by atoms with van der Waals surface area (Å²) >= 11 is 8.48. The molecule has 108 valence electrons. The van der Waals surface area contributed by atoms with Crippen molar-refractivity contribution in [1.82, 2.24) is 9.55 Å². The maximum Gasteiger partial charge on any atom is 0.178 e. The standard InChI is InChI=1S/C14H16BrFN2OS/c15-10-6-12-13(7-11(10)16)18(14(20)17-12)4-1-5-19-8-9-2-3-9/h6-7,9H,1-5,8H2,(H,17,20). The van der Waals surface area contributed by atoms with E-state index in [1.807, 2.05) is 4.57 Å². The van der Waals surface area contributed by atoms with Crippen LogP contribution < -0.4 is 0 Å². The lowest BCUT2D eigenvalue weighted by molar-refractivity contribution is 0.119. The highest BCUT2D eigenvalue weighted by molar-refractivity contribution is 9.10. The highest BCUT2D eigenvalue weighted by Crippen LogP contribution is 2.28. The summed E-state index contributed by atoms with van der Waals surface area (Å²) in [6.07, 6.45) is 3.50. The minimum Gasteiger partial charge on any atom is -0.381 e. The number of hydrogen-bond acceptors (Lipinski definition) is 2. The van der Waals surface area contributed by atoms with E-state index in [1.54, 1.807) is 6.07 Å². The van der Waals surface area contributed by atoms with Crippen LogP contribution in [0.1, 0.15) is 19.3 Å². The lowest BCUT2D eigenvalue weighted by Crippen LogP contribution is -2.04. The van der Waals surface area contributed by atoms with Crippen LogP contribution in [0.2, 0.25) is 0 Å². The second-order valence-electron chi connectivity index (χ2n) is 5.24. The maximum absolute atomic E-state index is 13.6. The SMILES string of the molecule is Fc1cc2c(cc1Br)[nH]c(=S)n2CCCOCC1CC1. The number of fused-ring (bicyclic) bond motifs is 1. The number of nitrogens with zero attached hydrogens (tertiary/aromatic N) is 1. The predicted molar refractivity (Wildman–Crippen MR) is 82.9 cm³/mol. The Kier molecular flexibility index (Phi) is 4.23. The normalized spacial score (nSPS) is 15.1. The van der Waals surface area contributed by atoms with E-state index in [1.165, 1.54) is 18.9 Å². The number of halogens is 2. The molecule has 0 spiro atoms. The van der Waals surface area contributed by atoms with Gasteiger partial charge in [-0.1, -0.05) is 0 Å². The molecule has 1 aliphatic carbocycles. The molecule has 0 unspecified atom stereocenters. The number of imidazole rings is 1. The predicted octanol–water partition coefficient (Wildman–Crippen LogP) is 4.42. The van der Waals surface area contributed by atoms with Crippen molar-refractivity contribution in [3.8, 4) is 0 Å². The van der Waals surface area contributed by atoms with Crippen LogP contribution in [0.15, 0.2) is 16.6 Å². The van der Waals surface area contributed by atoms with E-state index in [0.717, 1.165) is 43.1 Å². The van der Waals surface area contributed by atoms with Crippen molar-refractivity contribution in [3.63, 3.8) is 0 Å². The van der Waals surface area contributed by atoms with E-state index in [9.17, 15) is 4.39 Å². The second kappa shape index (κ2) is 5.95. The van der Waals surface area contributed by atoms with Crippen LogP contribution in [0, 0.1) is 16.5 Å². The number of aromatic amines is 1. The number of rotatable bonds is 6. The van der Waals surface area contributed by atoms with Crippen molar-refractivity contribution in [2.75, 3.05) is 13.2 Å². The van der Waals surface area contributed by atoms with Crippen molar-refractivity contribution in [2.24, 2.45) is 5.92 Å². The molecule has 1 N–H and O–H groups in total. The van der Waals surface area contributed by atoms with E-state index in [2.05, 4.69) is 20.9 Å². The molecule has 1 aromatic carbocycles. The van der Waals surface area contributed by atoms with E-state index >= 15 is 0 Å². The molecule has 6 heteroatoms. The number of hydrogen-bond donors (Lipinski definition) is 1. The van der Waals surface area contributed by atoms with Crippen molar-refractivity contribution in [2.45, 2.75) is 25.8 Å². The van der Waals surface area contributed by atoms with Gasteiger partial charge in [-0.05, 0) is 59.4 Å². The summed E-state index contributed by atoms with van der Waals surface area (Å²) in [6.45, 7) is 2.34. The van der Waals surface area contributed by atoms with Gasteiger partial charge in [0.2, 0.25) is 0 Å². The minimum atomic E-state index is -0.273. The average Bonchev–Trinajstić information content (AvgIpc) is 3.17. The van der Waals surface area contributed by atoms with Gasteiger partial charge >= 0.3 is 0 Å². The highest BCUT2D eigenvalue weighted by atomic mass is 79.9. The lowest BCUT2D eigenvalue weighted by Gasteiger charge is -2.06. The molecule has 0 atom stereocenters. The van der Waals surface area contributed by atoms with E-state index in [4.69, 9.17) is 17.0 Å². The van der Waals surface area contributed by atoms with Crippen LogP contribution in [-0.2, 0) is 11.3 Å². The van der Waals surface area contributed by atoms with E-state index in [-0.39, 0.29) is 5.82 Å². The van der Waals surface area contributed by atoms with E-state index < -0.39 is 0 Å². The molecule has 0 bridgehead atoms. The third kappa shape index (κ3) is 3.13. The Balaban J connectivity index is 1.68. The Hall–Kier alpha value is -0.720. The lowest BCUT2D eigenvalue weighted by atomic mass is 10.3. The average molecular weight is 359 g/mol. The molecule has 0 radical (unpaired) electrons. The van der Waals surface area contributed by atoms with Gasteiger partial charge in [0.05, 0.1) is 15.5 Å². The van der Waals surface area contributed by atoms with Gasteiger partial charge in [0.15, 0.2) is 4.77 Å². The molecule has 0 aliphatic heterocycles. The summed E-state index contributed by atoms with van der Waals surface area (Å²) in [7, 11) is 0. The summed E-state index contributed by atoms with van der Waals surface area (Å²) < 4.78 is 22.3. The first-order chi connectivity index (χ1) is 9.65. The maximum atomic E-state index is 13.6. The number of nitrogens with one attached hydrogen (secondary N) is 1. The topological polar surface area (TPSA) is 29.9 Å². The smallest absolute Gasteiger partial charge is 0.178 e. The number of aryl methyl sites for hydroxylation is 1. The fourth-order valence-electron chi connectivity index (χ4n) is 2.23. The Morgan fingerprint density at radius 1 is 1.45 bits per heavy atom. The quantitative estimate of drug-likeness (QED) is 0.611. The third-order valence-electron chi connectivity index (χ3n) is 3.54. The van der Waals surface area contributed by atoms with Crippen molar-refractivity contribution in [1.29, 1.82) is 0 Å². The van der Waals surface area contributed by atoms with Crippen LogP contribution in [-0.4, -0.2) is 22.8 Å². The zero-order valence-electron chi connectivity index (χ0n) is 11.0. The van der Waals surface area contributed by atoms with Crippen molar-refractivity contribution >= 4 is 39.2 Å². The van der Waals surface area contributed by atoms with Crippen LogP contribution in [0.5, 0.6) is 0 Å². The van der Waals surface area contributed by atoms with Crippen molar-refractivity contribution in [3.05, 3.63) is 27.2 Å². The van der Waals surface area contributed by atoms with Gasteiger partial charge < -0.3 is 14.3 Å². The zero-order chi connectivity index (χ0) is 14.1. The zero-order valence-corrected chi connectivity index (χ0v) is 13.4. The summed E-state index contributed by atoms with van der Waals surface area (Å²) in [5, 5.41) is 0. The molecule has 1 aromatic heterocycles. The molecule has 3 rings (SSSR count). The Morgan fingerprint density at radius 3 is 3.00 bits per heavy atom. The third-order valence-corrected chi connectivity index (χ3v) is 4.47. The van der Waals surface area contributed by atoms with Gasteiger partial charge in [0.25, 0.3) is 0 Å². The summed E-state index contributed by atoms with van der Waals surface area (Å²) in [5.74, 6) is 0.516. The van der Waals surface area contributed by atoms with Gasteiger partial charge in [-0.25, -0.2) is 4.39 Å². The summed E-state index contributed by atoms with van der Waals surface area (Å²) in [6, 6.07) is 3.23. The number of benzene rings is 1. The fraction of sp³-hybridized carbons (Fsp3) is 0.500. The molecule has 1 fully saturated rings. The number of aromatic nitrogens is 2. The van der Waals surface area contributed by atoms with E-state index in [0.29, 0.717) is 9.24 Å². The molecule has 1 heterocycles. The summed E-state index contributed by atoms with van der Waals surface area (Å²) in [5.41, 5.74) is 1.65. The van der Waals surface area contributed by atoms with Gasteiger partial charge in [0, 0.05) is 25.8 Å². The van der Waals surface area contributed by atoms with Crippen LogP contribution in [0.25, 0.3) is 11.0 Å². The van der Waals surface area contributed by atoms with Gasteiger partial charge in [-0.2, -0.15) is 0 Å². The molecule has 3 nitrogen and oxygen atoms in total. The molecule has 20 heavy (non-hydrogen) atoms. The Labute approximate surface area is 130 Å². The largest absolute Gasteiger partial charge is 0.381 e. The van der Waals surface area contributed by atoms with Gasteiger partial charge in [-0.15, -0.1) is 0 Å². The first-order valence-electron chi connectivity index (χ1n) is 6.80. The van der Waals surface area contributed by atoms with Crippen LogP contribution in [0.3, 0.4) is 0 Å². The monoisotopic (exact) mass is 358 g/mol. The van der Waals surface area contributed by atoms with Gasteiger partial charge in [0.1, 0.15) is 5.82 Å².